The third-order valence-electron chi connectivity index (χ3n) is 11.7. The molecule has 2 heterocycles. The second-order valence-electron chi connectivity index (χ2n) is 15.2. The molecule has 0 spiro atoms. The van der Waals surface area contributed by atoms with Gasteiger partial charge in [0.1, 0.15) is 0 Å². The van der Waals surface area contributed by atoms with E-state index in [4.69, 9.17) is 15.0 Å². The highest BCUT2D eigenvalue weighted by molar-refractivity contribution is 6.19. The Bertz CT molecular complexity index is 3160. The van der Waals surface area contributed by atoms with Crippen LogP contribution in [0.25, 0.3) is 94.7 Å². The van der Waals surface area contributed by atoms with E-state index in [9.17, 15) is 0 Å². The van der Waals surface area contributed by atoms with Crippen LogP contribution < -0.4 is 0 Å². The van der Waals surface area contributed by atoms with E-state index in [0.29, 0.717) is 17.5 Å². The van der Waals surface area contributed by atoms with Crippen molar-refractivity contribution in [3.05, 3.63) is 193 Å². The number of benzene rings is 8. The van der Waals surface area contributed by atoms with Crippen LogP contribution in [-0.2, 0) is 5.41 Å². The Labute approximate surface area is 325 Å². The maximum absolute atomic E-state index is 5.29. The number of nitrogens with zero attached hydrogens (tertiary/aromatic N) is 4. The molecule has 0 amide bonds. The average molecular weight is 717 g/mol. The molecular weight excluding hydrogens is 681 g/mol. The molecule has 0 fully saturated rings. The van der Waals surface area contributed by atoms with E-state index in [0.717, 1.165) is 39.0 Å². The van der Waals surface area contributed by atoms with Gasteiger partial charge in [0.05, 0.1) is 16.7 Å². The van der Waals surface area contributed by atoms with Gasteiger partial charge in [-0.05, 0) is 51.4 Å². The maximum atomic E-state index is 5.29. The first kappa shape index (κ1) is 32.3. The molecule has 0 bridgehead atoms. The minimum Gasteiger partial charge on any atom is -0.308 e. The normalized spacial score (nSPS) is 13.0. The third-order valence-corrected chi connectivity index (χ3v) is 11.7. The molecule has 1 aliphatic carbocycles. The van der Waals surface area contributed by atoms with E-state index in [2.05, 4.69) is 182 Å². The zero-order valence-electron chi connectivity index (χ0n) is 31.1. The molecule has 264 valence electrons. The van der Waals surface area contributed by atoms with Crippen molar-refractivity contribution < 1.29 is 0 Å². The summed E-state index contributed by atoms with van der Waals surface area (Å²) in [6.07, 6.45) is 0. The molecule has 0 unspecified atom stereocenters. The Hall–Kier alpha value is -7.17. The second kappa shape index (κ2) is 12.4. The Balaban J connectivity index is 1.17. The molecule has 2 aromatic heterocycles. The summed E-state index contributed by atoms with van der Waals surface area (Å²) in [4.78, 5) is 15.6. The van der Waals surface area contributed by atoms with Crippen LogP contribution in [0.4, 0.5) is 0 Å². The number of para-hydroxylation sites is 1. The van der Waals surface area contributed by atoms with Gasteiger partial charge in [-0.1, -0.05) is 178 Å². The summed E-state index contributed by atoms with van der Waals surface area (Å²) in [6.45, 7) is 4.62. The van der Waals surface area contributed by atoms with Crippen LogP contribution in [-0.4, -0.2) is 19.5 Å². The molecule has 10 aromatic rings. The molecule has 0 atom stereocenters. The summed E-state index contributed by atoms with van der Waals surface area (Å²) in [5.74, 6) is 1.92. The lowest BCUT2D eigenvalue weighted by molar-refractivity contribution is 0.660. The van der Waals surface area contributed by atoms with Gasteiger partial charge < -0.3 is 4.57 Å². The zero-order chi connectivity index (χ0) is 37.4. The van der Waals surface area contributed by atoms with Crippen LogP contribution in [0, 0.1) is 0 Å². The van der Waals surface area contributed by atoms with E-state index < -0.39 is 0 Å². The number of aromatic nitrogens is 4. The van der Waals surface area contributed by atoms with Gasteiger partial charge in [0.2, 0.25) is 0 Å². The van der Waals surface area contributed by atoms with Gasteiger partial charge in [-0.15, -0.1) is 0 Å². The van der Waals surface area contributed by atoms with Crippen molar-refractivity contribution in [1.29, 1.82) is 0 Å². The number of rotatable bonds is 5. The molecule has 0 saturated carbocycles. The van der Waals surface area contributed by atoms with Crippen LogP contribution in [0.1, 0.15) is 25.0 Å². The van der Waals surface area contributed by atoms with Gasteiger partial charge in [0.15, 0.2) is 17.5 Å². The Morgan fingerprint density at radius 2 is 0.982 bits per heavy atom. The highest BCUT2D eigenvalue weighted by Gasteiger charge is 2.35. The quantitative estimate of drug-likeness (QED) is 0.178. The van der Waals surface area contributed by atoms with E-state index in [-0.39, 0.29) is 5.41 Å². The van der Waals surface area contributed by atoms with Crippen molar-refractivity contribution >= 4 is 32.6 Å². The van der Waals surface area contributed by atoms with Crippen LogP contribution in [0.5, 0.6) is 0 Å². The van der Waals surface area contributed by atoms with Crippen molar-refractivity contribution in [1.82, 2.24) is 19.5 Å². The molecule has 4 heteroatoms. The van der Waals surface area contributed by atoms with Gasteiger partial charge in [0.25, 0.3) is 0 Å². The summed E-state index contributed by atoms with van der Waals surface area (Å²) in [6, 6.07) is 64.9. The average Bonchev–Trinajstić information content (AvgIpc) is 3.72. The topological polar surface area (TPSA) is 43.6 Å². The fourth-order valence-electron chi connectivity index (χ4n) is 8.91. The van der Waals surface area contributed by atoms with Crippen LogP contribution in [0.3, 0.4) is 0 Å². The predicted molar refractivity (Wildman–Crippen MR) is 231 cm³/mol. The monoisotopic (exact) mass is 716 g/mol. The molecule has 4 nitrogen and oxygen atoms in total. The lowest BCUT2D eigenvalue weighted by atomic mass is 9.82. The number of hydrogen-bond donors (Lipinski definition) is 0. The molecule has 8 aromatic carbocycles. The van der Waals surface area contributed by atoms with E-state index in [1.54, 1.807) is 0 Å². The predicted octanol–water partition coefficient (Wildman–Crippen LogP) is 13.1. The molecule has 1 aliphatic rings. The summed E-state index contributed by atoms with van der Waals surface area (Å²) in [5.41, 5.74) is 13.6. The SMILES string of the molecule is CC1(C)c2ccccc2-c2cc(-c3nc(-c4ccccc4)nc(-c4ccc(-c5ccccc5)c(-n5c6ccccc6c6ccc7ccccc7c65)c4)n3)ccc21. The fourth-order valence-corrected chi connectivity index (χ4v) is 8.91. The molecule has 0 aliphatic heterocycles. The maximum Gasteiger partial charge on any atom is 0.164 e. The molecule has 11 rings (SSSR count). The first-order chi connectivity index (χ1) is 27.5. The fraction of sp³-hybridized carbons (Fsp3) is 0.0577. The van der Waals surface area contributed by atoms with Crippen LogP contribution >= 0.6 is 0 Å². The zero-order valence-corrected chi connectivity index (χ0v) is 31.1. The van der Waals surface area contributed by atoms with Gasteiger partial charge in [-0.2, -0.15) is 0 Å². The Morgan fingerprint density at radius 3 is 1.77 bits per heavy atom. The molecular formula is C52H36N4. The smallest absolute Gasteiger partial charge is 0.164 e. The van der Waals surface area contributed by atoms with Crippen molar-refractivity contribution in [2.24, 2.45) is 0 Å². The van der Waals surface area contributed by atoms with Crippen molar-refractivity contribution in [3.63, 3.8) is 0 Å². The van der Waals surface area contributed by atoms with Gasteiger partial charge >= 0.3 is 0 Å². The van der Waals surface area contributed by atoms with E-state index >= 15 is 0 Å². The second-order valence-corrected chi connectivity index (χ2v) is 15.2. The standard InChI is InChI=1S/C52H36N4/c1-52(2)44-23-13-11-21-40(44)43-31-36(27-30-45(43)52)50-53-49(35-18-7-4-8-19-35)54-51(55-50)37-26-28-38(33-15-5-3-6-16-33)47(32-37)56-46-24-14-12-22-41(46)42-29-25-34-17-9-10-20-39(34)48(42)56/h3-32H,1-2H3. The molecule has 0 N–H and O–H groups in total. The first-order valence-electron chi connectivity index (χ1n) is 19.2. The van der Waals surface area contributed by atoms with Gasteiger partial charge in [-0.3, -0.25) is 0 Å². The number of fused-ring (bicyclic) bond motifs is 8. The third kappa shape index (κ3) is 4.96. The molecule has 56 heavy (non-hydrogen) atoms. The summed E-state index contributed by atoms with van der Waals surface area (Å²) in [5, 5.41) is 4.85. The van der Waals surface area contributed by atoms with Crippen molar-refractivity contribution in [2.75, 3.05) is 0 Å². The van der Waals surface area contributed by atoms with Crippen LogP contribution in [0.2, 0.25) is 0 Å². The van der Waals surface area contributed by atoms with Gasteiger partial charge in [0, 0.05) is 43.8 Å². The minimum absolute atomic E-state index is 0.0844. The molecule has 0 saturated heterocycles. The largest absolute Gasteiger partial charge is 0.308 e. The lowest BCUT2D eigenvalue weighted by Gasteiger charge is -2.21. The lowest BCUT2D eigenvalue weighted by Crippen LogP contribution is -2.14. The van der Waals surface area contributed by atoms with Crippen LogP contribution in [0.15, 0.2) is 182 Å². The number of hydrogen-bond acceptors (Lipinski definition) is 3. The summed E-state index contributed by atoms with van der Waals surface area (Å²) in [7, 11) is 0. The molecule has 0 radical (unpaired) electrons. The summed E-state index contributed by atoms with van der Waals surface area (Å²) < 4.78 is 2.44. The van der Waals surface area contributed by atoms with E-state index in [1.165, 1.54) is 49.3 Å². The highest BCUT2D eigenvalue weighted by Crippen LogP contribution is 2.49. The Morgan fingerprint density at radius 1 is 0.393 bits per heavy atom. The highest BCUT2D eigenvalue weighted by atomic mass is 15.0. The summed E-state index contributed by atoms with van der Waals surface area (Å²) >= 11 is 0. The minimum atomic E-state index is -0.0844. The van der Waals surface area contributed by atoms with Gasteiger partial charge in [-0.25, -0.2) is 15.0 Å². The van der Waals surface area contributed by atoms with Crippen molar-refractivity contribution in [3.8, 4) is 62.1 Å². The Kier molecular flexibility index (Phi) is 7.17. The van der Waals surface area contributed by atoms with E-state index in [1.807, 2.05) is 18.2 Å². The first-order valence-corrected chi connectivity index (χ1v) is 19.2. The van der Waals surface area contributed by atoms with Crippen molar-refractivity contribution in [2.45, 2.75) is 19.3 Å².